The van der Waals surface area contributed by atoms with Crippen LogP contribution < -0.4 is 0 Å². The summed E-state index contributed by atoms with van der Waals surface area (Å²) in [7, 11) is 9.82. The molecule has 5 heterocycles. The minimum Gasteiger partial charge on any atom is -0.469 e. The second-order valence-electron chi connectivity index (χ2n) is 15.3. The fourth-order valence-corrected chi connectivity index (χ4v) is 7.86. The van der Waals surface area contributed by atoms with E-state index in [2.05, 4.69) is 0 Å². The van der Waals surface area contributed by atoms with Gasteiger partial charge in [0.25, 0.3) is 0 Å². The highest BCUT2D eigenvalue weighted by atomic mass is 16.5. The normalized spacial score (nSPS) is 16.1. The first-order valence-corrected chi connectivity index (χ1v) is 21.3. The highest BCUT2D eigenvalue weighted by Gasteiger charge is 2.35. The number of aliphatic imine (C=N–C) groups is 4. The van der Waals surface area contributed by atoms with Crippen molar-refractivity contribution in [1.82, 2.24) is 0 Å². The molecule has 0 fully saturated rings. The van der Waals surface area contributed by atoms with Crippen LogP contribution in [0.4, 0.5) is 0 Å². The third-order valence-corrected chi connectivity index (χ3v) is 11.4. The summed E-state index contributed by atoms with van der Waals surface area (Å²) in [6.45, 7) is 0. The molecule has 0 saturated heterocycles. The van der Waals surface area contributed by atoms with Gasteiger partial charge in [0.15, 0.2) is 0 Å². The Labute approximate surface area is 391 Å². The standard InChI is InChI=1S/C48H52N4O16/c1-61-41(53)13-9-25-29(17-45(57)65-5)37-22-35-27(11-15-43(55)63-3)30(18-46(58)66-6)38(51-35)23-36-28(12-16-44(56)64-4)32(20-48(60)68-8)40(52-36)24-39-31(19-47(59)67-7)26(10-14-42(54)62-2)34(50-39)21-33(25)49-37/h21-24H,9-20H2,1-8H3. The fraction of sp³-hybridized carbons (Fsp3) is 0.417. The van der Waals surface area contributed by atoms with Crippen LogP contribution in [0.25, 0.3) is 0 Å². The molecule has 0 atom stereocenters. The zero-order valence-electron chi connectivity index (χ0n) is 39.1. The molecule has 0 N–H and O–H groups in total. The molecule has 0 aliphatic carbocycles. The van der Waals surface area contributed by atoms with Crippen molar-refractivity contribution in [3.63, 3.8) is 0 Å². The lowest BCUT2D eigenvalue weighted by atomic mass is 9.92. The summed E-state index contributed by atoms with van der Waals surface area (Å²) in [6.07, 6.45) is 4.46. The van der Waals surface area contributed by atoms with Crippen molar-refractivity contribution in [3.05, 3.63) is 91.7 Å². The monoisotopic (exact) mass is 940 g/mol. The van der Waals surface area contributed by atoms with Crippen LogP contribution in [0.2, 0.25) is 0 Å². The quantitative estimate of drug-likeness (QED) is 0.119. The van der Waals surface area contributed by atoms with Crippen LogP contribution in [0.3, 0.4) is 0 Å². The van der Waals surface area contributed by atoms with Crippen molar-refractivity contribution in [2.24, 2.45) is 20.0 Å². The van der Waals surface area contributed by atoms with E-state index >= 15 is 0 Å². The minimum absolute atomic E-state index is 0.00488. The van der Waals surface area contributed by atoms with E-state index in [1.165, 1.54) is 56.9 Å². The summed E-state index contributed by atoms with van der Waals surface area (Å²) in [6, 6.07) is 0. The smallest absolute Gasteiger partial charge is 0.310 e. The third-order valence-electron chi connectivity index (χ3n) is 11.4. The van der Waals surface area contributed by atoms with Gasteiger partial charge in [0.2, 0.25) is 0 Å². The second-order valence-corrected chi connectivity index (χ2v) is 15.3. The molecule has 0 unspecified atom stereocenters. The van der Waals surface area contributed by atoms with E-state index in [1.807, 2.05) is 0 Å². The lowest BCUT2D eigenvalue weighted by molar-refractivity contribution is -0.141. The molecular formula is C48H52N4O16. The average Bonchev–Trinajstić information content (AvgIpc) is 4.04. The van der Waals surface area contributed by atoms with Crippen molar-refractivity contribution < 1.29 is 76.3 Å². The number of fused-ring (bicyclic) bond motifs is 4. The van der Waals surface area contributed by atoms with Gasteiger partial charge in [0.05, 0.1) is 128 Å². The van der Waals surface area contributed by atoms with Crippen LogP contribution in [-0.2, 0) is 76.3 Å². The van der Waals surface area contributed by atoms with E-state index in [-0.39, 0.29) is 123 Å². The first kappa shape index (κ1) is 51.3. The Balaban J connectivity index is 1.98. The summed E-state index contributed by atoms with van der Waals surface area (Å²) in [5.74, 6) is -4.83. The number of esters is 8. The molecule has 0 radical (unpaired) electrons. The number of rotatable bonds is 20. The van der Waals surface area contributed by atoms with Gasteiger partial charge in [-0.1, -0.05) is 0 Å². The molecule has 5 aliphatic heterocycles. The molecule has 8 bridgehead atoms. The van der Waals surface area contributed by atoms with Gasteiger partial charge in [-0.05, 0) is 94.6 Å². The minimum atomic E-state index is -0.651. The molecule has 20 nitrogen and oxygen atoms in total. The Hall–Kier alpha value is -7.64. The highest BCUT2D eigenvalue weighted by Crippen LogP contribution is 2.41. The van der Waals surface area contributed by atoms with Crippen molar-refractivity contribution >= 4 is 70.6 Å². The molecule has 0 aromatic carbocycles. The molecule has 0 saturated carbocycles. The predicted molar refractivity (Wildman–Crippen MR) is 242 cm³/mol. The van der Waals surface area contributed by atoms with Gasteiger partial charge in [0.1, 0.15) is 0 Å². The van der Waals surface area contributed by atoms with E-state index in [4.69, 9.17) is 57.9 Å². The summed E-state index contributed by atoms with van der Waals surface area (Å²) in [4.78, 5) is 123. The Kier molecular flexibility index (Phi) is 17.9. The molecule has 360 valence electrons. The lowest BCUT2D eigenvalue weighted by Gasteiger charge is -2.11. The highest BCUT2D eigenvalue weighted by molar-refractivity contribution is 6.22. The van der Waals surface area contributed by atoms with Gasteiger partial charge in [-0.3, -0.25) is 38.4 Å². The molecule has 0 aromatic heterocycles. The number of hydrogen-bond donors (Lipinski definition) is 0. The van der Waals surface area contributed by atoms with Gasteiger partial charge in [0, 0.05) is 25.7 Å². The number of methoxy groups -OCH3 is 8. The molecule has 0 spiro atoms. The van der Waals surface area contributed by atoms with Gasteiger partial charge in [-0.25, -0.2) is 20.0 Å². The van der Waals surface area contributed by atoms with E-state index in [9.17, 15) is 38.4 Å². The van der Waals surface area contributed by atoms with E-state index < -0.39 is 47.8 Å². The number of ether oxygens (including phenoxy) is 8. The van der Waals surface area contributed by atoms with Crippen LogP contribution in [0.15, 0.2) is 112 Å². The molecule has 5 rings (SSSR count). The lowest BCUT2D eigenvalue weighted by Crippen LogP contribution is -2.11. The van der Waals surface area contributed by atoms with Crippen molar-refractivity contribution in [1.29, 1.82) is 0 Å². The summed E-state index contributed by atoms with van der Waals surface area (Å²) in [5.41, 5.74) is 4.80. The zero-order valence-corrected chi connectivity index (χ0v) is 39.1. The maximum atomic E-state index is 13.2. The predicted octanol–water partition coefficient (Wildman–Crippen LogP) is 4.61. The summed E-state index contributed by atoms with van der Waals surface area (Å²) in [5, 5.41) is 0. The number of carbonyl (C=O) groups excluding carboxylic acids is 8. The largest absolute Gasteiger partial charge is 0.469 e. The molecule has 0 amide bonds. The molecule has 20 heteroatoms. The number of nitrogens with zero attached hydrogens (tertiary/aromatic N) is 4. The van der Waals surface area contributed by atoms with E-state index in [0.29, 0.717) is 44.6 Å². The third kappa shape index (κ3) is 12.4. The Morgan fingerprint density at radius 2 is 0.500 bits per heavy atom. The van der Waals surface area contributed by atoms with E-state index in [1.54, 1.807) is 24.3 Å². The topological polar surface area (TPSA) is 260 Å². The van der Waals surface area contributed by atoms with E-state index in [0.717, 1.165) is 0 Å². The van der Waals surface area contributed by atoms with Crippen molar-refractivity contribution in [3.8, 4) is 0 Å². The van der Waals surface area contributed by atoms with Gasteiger partial charge >= 0.3 is 47.8 Å². The first-order chi connectivity index (χ1) is 32.6. The summed E-state index contributed by atoms with van der Waals surface area (Å²) >= 11 is 0. The summed E-state index contributed by atoms with van der Waals surface area (Å²) < 4.78 is 40.3. The zero-order chi connectivity index (χ0) is 49.7. The van der Waals surface area contributed by atoms with Crippen molar-refractivity contribution in [2.45, 2.75) is 77.0 Å². The first-order valence-electron chi connectivity index (χ1n) is 21.3. The van der Waals surface area contributed by atoms with Gasteiger partial charge in [-0.2, -0.15) is 0 Å². The van der Waals surface area contributed by atoms with Crippen LogP contribution >= 0.6 is 0 Å². The number of carbonyl (C=O) groups is 8. The van der Waals surface area contributed by atoms with Crippen LogP contribution in [-0.4, -0.2) is 127 Å². The van der Waals surface area contributed by atoms with Crippen LogP contribution in [0, 0.1) is 0 Å². The molecule has 0 aromatic rings. The van der Waals surface area contributed by atoms with Crippen molar-refractivity contribution in [2.75, 3.05) is 56.9 Å². The van der Waals surface area contributed by atoms with Crippen LogP contribution in [0.5, 0.6) is 0 Å². The Bertz CT molecular complexity index is 2590. The molecule has 5 aliphatic rings. The van der Waals surface area contributed by atoms with Gasteiger partial charge in [-0.15, -0.1) is 0 Å². The van der Waals surface area contributed by atoms with Gasteiger partial charge < -0.3 is 37.9 Å². The maximum absolute atomic E-state index is 13.2. The molecular weight excluding hydrogens is 889 g/mol. The number of hydrogen-bond acceptors (Lipinski definition) is 20. The fourth-order valence-electron chi connectivity index (χ4n) is 7.86. The SMILES string of the molecule is COC(=O)CCC1=C(CC(=O)OC)C2=NC1=CC1=NC(=CC3=NC(=CC4=NC(=C2)C(CC(=O)OC)=C4CCC(=O)OC)C(CCC(=O)OC)=C3CC(=O)OC)C(CCC(=O)OC)=C1CC(=O)OC. The Morgan fingerprint density at radius 3 is 0.750 bits per heavy atom. The average molecular weight is 941 g/mol. The molecule has 68 heavy (non-hydrogen) atoms. The Morgan fingerprint density at radius 1 is 0.294 bits per heavy atom. The second kappa shape index (κ2) is 23.7. The maximum Gasteiger partial charge on any atom is 0.310 e. The number of allylic oxidation sites excluding steroid dienone is 9. The van der Waals surface area contributed by atoms with Crippen LogP contribution in [0.1, 0.15) is 77.0 Å².